The van der Waals surface area contributed by atoms with E-state index in [1.807, 2.05) is 0 Å². The summed E-state index contributed by atoms with van der Waals surface area (Å²) in [5.74, 6) is -0.400. The van der Waals surface area contributed by atoms with E-state index >= 15 is 0 Å². The molecular weight excluding hydrogens is 362 g/mol. The van der Waals surface area contributed by atoms with E-state index in [-0.39, 0.29) is 15.9 Å². The number of fused-ring (bicyclic) bond motifs is 3. The number of pyridine rings is 1. The number of aromatic amines is 1. The number of rotatable bonds is 2. The maximum absolute atomic E-state index is 12.4. The lowest BCUT2D eigenvalue weighted by Crippen LogP contribution is -2.11. The van der Waals surface area contributed by atoms with Gasteiger partial charge in [-0.1, -0.05) is 41.6 Å². The second-order valence-electron chi connectivity index (χ2n) is 5.33. The Balaban J connectivity index is 2.01. The summed E-state index contributed by atoms with van der Waals surface area (Å²) in [4.78, 5) is 28.1. The molecular formula is C18H10ClNO4S. The van der Waals surface area contributed by atoms with Gasteiger partial charge in [0.15, 0.2) is 11.3 Å². The van der Waals surface area contributed by atoms with Crippen molar-refractivity contribution in [2.24, 2.45) is 0 Å². The lowest BCUT2D eigenvalue weighted by molar-refractivity contribution is 0.447. The van der Waals surface area contributed by atoms with Gasteiger partial charge < -0.3 is 14.5 Å². The van der Waals surface area contributed by atoms with E-state index in [0.717, 1.165) is 11.8 Å². The Kier molecular flexibility index (Phi) is 3.78. The molecule has 124 valence electrons. The Morgan fingerprint density at radius 3 is 2.68 bits per heavy atom. The molecule has 0 aliphatic rings. The summed E-state index contributed by atoms with van der Waals surface area (Å²) in [6.07, 6.45) is 0. The van der Waals surface area contributed by atoms with Crippen molar-refractivity contribution in [2.75, 3.05) is 0 Å². The van der Waals surface area contributed by atoms with Crippen LogP contribution >= 0.6 is 23.4 Å². The monoisotopic (exact) mass is 371 g/mol. The molecule has 4 rings (SSSR count). The molecule has 0 spiro atoms. The van der Waals surface area contributed by atoms with Gasteiger partial charge >= 0.3 is 5.63 Å². The van der Waals surface area contributed by atoms with Crippen LogP contribution < -0.4 is 11.2 Å². The number of halogens is 1. The lowest BCUT2D eigenvalue weighted by atomic mass is 10.1. The molecule has 4 aromatic rings. The number of aromatic nitrogens is 1. The second-order valence-corrected chi connectivity index (χ2v) is 6.85. The van der Waals surface area contributed by atoms with Gasteiger partial charge in [-0.15, -0.1) is 0 Å². The molecule has 2 aromatic carbocycles. The molecule has 0 bridgehead atoms. The van der Waals surface area contributed by atoms with Gasteiger partial charge in [0.25, 0.3) is 5.56 Å². The molecule has 2 N–H and O–H groups in total. The van der Waals surface area contributed by atoms with E-state index in [0.29, 0.717) is 20.8 Å². The molecule has 0 saturated heterocycles. The summed E-state index contributed by atoms with van der Waals surface area (Å²) in [5.41, 5.74) is -0.649. The highest BCUT2D eigenvalue weighted by Crippen LogP contribution is 2.37. The van der Waals surface area contributed by atoms with Crippen LogP contribution in [0.5, 0.6) is 5.75 Å². The van der Waals surface area contributed by atoms with Gasteiger partial charge in [0.2, 0.25) is 0 Å². The molecule has 0 saturated carbocycles. The predicted octanol–water partition coefficient (Wildman–Crippen LogP) is 4.14. The third-order valence-electron chi connectivity index (χ3n) is 3.72. The first-order chi connectivity index (χ1) is 12.0. The fraction of sp³-hybridized carbons (Fsp3) is 0. The van der Waals surface area contributed by atoms with Crippen molar-refractivity contribution in [2.45, 2.75) is 9.79 Å². The van der Waals surface area contributed by atoms with Gasteiger partial charge in [-0.2, -0.15) is 0 Å². The quantitative estimate of drug-likeness (QED) is 0.517. The van der Waals surface area contributed by atoms with Gasteiger partial charge in [-0.25, -0.2) is 4.79 Å². The zero-order valence-corrected chi connectivity index (χ0v) is 14.1. The number of aromatic hydroxyl groups is 1. The van der Waals surface area contributed by atoms with E-state index < -0.39 is 16.9 Å². The van der Waals surface area contributed by atoms with Crippen molar-refractivity contribution in [3.05, 3.63) is 74.3 Å². The normalized spacial score (nSPS) is 11.2. The Hall–Kier alpha value is -2.70. The Labute approximate surface area is 149 Å². The summed E-state index contributed by atoms with van der Waals surface area (Å²) in [7, 11) is 0. The maximum Gasteiger partial charge on any atom is 0.354 e. The van der Waals surface area contributed by atoms with Crippen LogP contribution in [0.3, 0.4) is 0 Å². The van der Waals surface area contributed by atoms with Gasteiger partial charge in [0.1, 0.15) is 10.3 Å². The van der Waals surface area contributed by atoms with Crippen molar-refractivity contribution in [1.29, 1.82) is 0 Å². The predicted molar refractivity (Wildman–Crippen MR) is 97.9 cm³/mol. The van der Waals surface area contributed by atoms with Crippen LogP contribution in [0.15, 0.2) is 72.3 Å². The highest BCUT2D eigenvalue weighted by Gasteiger charge is 2.20. The molecule has 0 amide bonds. The molecule has 5 nitrogen and oxygen atoms in total. The minimum absolute atomic E-state index is 0.0529. The number of hydrogen-bond donors (Lipinski definition) is 2. The van der Waals surface area contributed by atoms with Crippen molar-refractivity contribution in [1.82, 2.24) is 4.98 Å². The van der Waals surface area contributed by atoms with Crippen molar-refractivity contribution in [3.8, 4) is 5.75 Å². The van der Waals surface area contributed by atoms with E-state index in [1.165, 1.54) is 0 Å². The van der Waals surface area contributed by atoms with Crippen molar-refractivity contribution < 1.29 is 9.52 Å². The lowest BCUT2D eigenvalue weighted by Gasteiger charge is -2.08. The van der Waals surface area contributed by atoms with Crippen LogP contribution in [0.4, 0.5) is 0 Å². The van der Waals surface area contributed by atoms with Crippen LogP contribution in [0, 0.1) is 0 Å². The van der Waals surface area contributed by atoms with Gasteiger partial charge in [-0.3, -0.25) is 4.79 Å². The number of para-hydroxylation sites is 1. The van der Waals surface area contributed by atoms with Crippen molar-refractivity contribution >= 4 is 45.2 Å². The van der Waals surface area contributed by atoms with Crippen LogP contribution in [0.2, 0.25) is 5.02 Å². The van der Waals surface area contributed by atoms with E-state index in [1.54, 1.807) is 48.5 Å². The van der Waals surface area contributed by atoms with E-state index in [9.17, 15) is 14.7 Å². The summed E-state index contributed by atoms with van der Waals surface area (Å²) >= 11 is 6.93. The average molecular weight is 372 g/mol. The standard InChI is InChI=1S/C18H10ClNO4S/c19-9-4-3-5-10(8-9)25-16-14(21)13-15(24-18(16)23)11-6-1-2-7-12(11)20-17(13)22/h1-8,21H,(H,20,22). The maximum atomic E-state index is 12.4. The molecule has 25 heavy (non-hydrogen) atoms. The first-order valence-electron chi connectivity index (χ1n) is 7.29. The Bertz CT molecular complexity index is 1250. The number of H-pyrrole nitrogens is 1. The average Bonchev–Trinajstić information content (AvgIpc) is 2.58. The largest absolute Gasteiger partial charge is 0.505 e. The first-order valence-corrected chi connectivity index (χ1v) is 8.48. The smallest absolute Gasteiger partial charge is 0.354 e. The molecule has 2 aromatic heterocycles. The number of hydrogen-bond acceptors (Lipinski definition) is 5. The van der Waals surface area contributed by atoms with Gasteiger partial charge in [-0.05, 0) is 30.3 Å². The molecule has 0 aliphatic heterocycles. The molecule has 0 radical (unpaired) electrons. The fourth-order valence-electron chi connectivity index (χ4n) is 2.62. The minimum atomic E-state index is -0.717. The highest BCUT2D eigenvalue weighted by atomic mass is 35.5. The van der Waals surface area contributed by atoms with E-state index in [2.05, 4.69) is 4.98 Å². The van der Waals surface area contributed by atoms with Gasteiger partial charge in [0.05, 0.1) is 5.52 Å². The molecule has 0 unspecified atom stereocenters. The third-order valence-corrected chi connectivity index (χ3v) is 5.01. The van der Waals surface area contributed by atoms with E-state index in [4.69, 9.17) is 16.0 Å². The SMILES string of the molecule is O=c1oc2c(c(O)c1Sc1cccc(Cl)c1)c(=O)[nH]c1ccccc12. The first kappa shape index (κ1) is 15.8. The highest BCUT2D eigenvalue weighted by molar-refractivity contribution is 7.99. The minimum Gasteiger partial charge on any atom is -0.505 e. The van der Waals surface area contributed by atoms with Crippen LogP contribution in [-0.4, -0.2) is 10.1 Å². The zero-order chi connectivity index (χ0) is 17.6. The number of benzene rings is 2. The Morgan fingerprint density at radius 1 is 1.08 bits per heavy atom. The van der Waals surface area contributed by atoms with Crippen LogP contribution in [0.25, 0.3) is 21.9 Å². The molecule has 0 atom stereocenters. The summed E-state index contributed by atoms with van der Waals surface area (Å²) in [6, 6.07) is 13.7. The van der Waals surface area contributed by atoms with Gasteiger partial charge in [0, 0.05) is 15.3 Å². The topological polar surface area (TPSA) is 83.3 Å². The van der Waals surface area contributed by atoms with Crippen LogP contribution in [0.1, 0.15) is 0 Å². The fourth-order valence-corrected chi connectivity index (χ4v) is 3.77. The molecule has 0 aliphatic carbocycles. The zero-order valence-electron chi connectivity index (χ0n) is 12.6. The van der Waals surface area contributed by atoms with Crippen LogP contribution in [-0.2, 0) is 0 Å². The molecule has 2 heterocycles. The molecule has 7 heteroatoms. The molecule has 0 fully saturated rings. The summed E-state index contributed by atoms with van der Waals surface area (Å²) in [6.45, 7) is 0. The third kappa shape index (κ3) is 2.69. The Morgan fingerprint density at radius 2 is 1.88 bits per heavy atom. The second kappa shape index (κ2) is 5.98. The summed E-state index contributed by atoms with van der Waals surface area (Å²) in [5, 5.41) is 11.6. The van der Waals surface area contributed by atoms with Crippen molar-refractivity contribution in [3.63, 3.8) is 0 Å². The summed E-state index contributed by atoms with van der Waals surface area (Å²) < 4.78 is 5.38. The number of nitrogens with one attached hydrogen (secondary N) is 1.